The van der Waals surface area contributed by atoms with Gasteiger partial charge in [0.15, 0.2) is 0 Å². The van der Waals surface area contributed by atoms with E-state index < -0.39 is 0 Å². The maximum Gasteiger partial charge on any atom is 0.237 e. The van der Waals surface area contributed by atoms with Gasteiger partial charge in [-0.15, -0.1) is 5.10 Å². The van der Waals surface area contributed by atoms with Gasteiger partial charge in [-0.25, -0.2) is 0 Å². The lowest BCUT2D eigenvalue weighted by Gasteiger charge is -2.14. The third kappa shape index (κ3) is 4.46. The molecular weight excluding hydrogens is 362 g/mol. The minimum absolute atomic E-state index is 0.0924. The number of methoxy groups -OCH3 is 1. The summed E-state index contributed by atoms with van der Waals surface area (Å²) in [4.78, 5) is 12.6. The van der Waals surface area contributed by atoms with Gasteiger partial charge in [0.05, 0.1) is 18.0 Å². The van der Waals surface area contributed by atoms with E-state index in [1.54, 1.807) is 11.8 Å². The Bertz CT molecular complexity index is 910. The van der Waals surface area contributed by atoms with Gasteiger partial charge in [0.2, 0.25) is 11.1 Å². The summed E-state index contributed by atoms with van der Waals surface area (Å²) in [6.45, 7) is 3.90. The minimum Gasteiger partial charge on any atom is -0.497 e. The van der Waals surface area contributed by atoms with Crippen LogP contribution in [0.5, 0.6) is 5.75 Å². The first-order valence-electron chi connectivity index (χ1n) is 8.60. The lowest BCUT2D eigenvalue weighted by Crippen LogP contribution is -2.23. The van der Waals surface area contributed by atoms with Crippen LogP contribution in [0, 0.1) is 0 Å². The van der Waals surface area contributed by atoms with Gasteiger partial charge < -0.3 is 10.1 Å². The van der Waals surface area contributed by atoms with E-state index in [0.29, 0.717) is 5.16 Å². The summed E-state index contributed by atoms with van der Waals surface area (Å²) in [7, 11) is 1.62. The number of nitrogens with one attached hydrogen (secondary N) is 1. The molecule has 0 aliphatic rings. The summed E-state index contributed by atoms with van der Waals surface area (Å²) >= 11 is 1.31. The van der Waals surface area contributed by atoms with Crippen LogP contribution in [-0.4, -0.2) is 38.5 Å². The number of anilines is 1. The highest BCUT2D eigenvalue weighted by molar-refractivity contribution is 8.00. The monoisotopic (exact) mass is 383 g/mol. The van der Waals surface area contributed by atoms with Gasteiger partial charge in [-0.05, 0) is 59.7 Å². The minimum atomic E-state index is -0.363. The quantitative estimate of drug-likeness (QED) is 0.630. The highest BCUT2D eigenvalue weighted by Crippen LogP contribution is 2.25. The summed E-state index contributed by atoms with van der Waals surface area (Å²) in [6, 6.07) is 15.2. The van der Waals surface area contributed by atoms with Crippen molar-refractivity contribution >= 4 is 23.4 Å². The lowest BCUT2D eigenvalue weighted by molar-refractivity contribution is -0.115. The van der Waals surface area contributed by atoms with Crippen LogP contribution in [0.2, 0.25) is 0 Å². The van der Waals surface area contributed by atoms with E-state index >= 15 is 0 Å². The highest BCUT2D eigenvalue weighted by Gasteiger charge is 2.20. The molecule has 0 radical (unpaired) electrons. The number of thioether (sulfide) groups is 1. The maximum absolute atomic E-state index is 12.6. The van der Waals surface area contributed by atoms with Crippen molar-refractivity contribution in [3.63, 3.8) is 0 Å². The molecule has 1 heterocycles. The highest BCUT2D eigenvalue weighted by atomic mass is 32.2. The van der Waals surface area contributed by atoms with Crippen LogP contribution in [0.25, 0.3) is 5.69 Å². The molecule has 1 aromatic heterocycles. The Morgan fingerprint density at radius 3 is 2.67 bits per heavy atom. The molecule has 27 heavy (non-hydrogen) atoms. The van der Waals surface area contributed by atoms with Gasteiger partial charge in [0, 0.05) is 5.69 Å². The van der Waals surface area contributed by atoms with E-state index in [1.165, 1.54) is 11.8 Å². The van der Waals surface area contributed by atoms with Crippen LogP contribution in [0.4, 0.5) is 5.69 Å². The van der Waals surface area contributed by atoms with Crippen molar-refractivity contribution in [1.82, 2.24) is 20.2 Å². The van der Waals surface area contributed by atoms with Gasteiger partial charge >= 0.3 is 0 Å². The number of aryl methyl sites for hydroxylation is 1. The predicted octanol–water partition coefficient (Wildman–Crippen LogP) is 3.35. The molecule has 0 unspecified atom stereocenters. The maximum atomic E-state index is 12.6. The Kier molecular flexibility index (Phi) is 6.08. The standard InChI is InChI=1S/C19H21N5O2S/c1-4-14-7-5-6-8-17(14)20-18(25)13(2)27-19-21-22-23-24(19)15-9-11-16(26-3)12-10-15/h5-13H,4H2,1-3H3,(H,20,25)/t13-/m1/s1. The number of carbonyl (C=O) groups is 1. The molecular formula is C19H21N5O2S. The van der Waals surface area contributed by atoms with Crippen molar-refractivity contribution < 1.29 is 9.53 Å². The zero-order valence-corrected chi connectivity index (χ0v) is 16.2. The molecule has 0 bridgehead atoms. The van der Waals surface area contributed by atoms with Crippen molar-refractivity contribution in [3.8, 4) is 11.4 Å². The molecule has 0 saturated heterocycles. The first-order valence-corrected chi connectivity index (χ1v) is 9.48. The summed E-state index contributed by atoms with van der Waals surface area (Å²) in [5.74, 6) is 0.661. The molecule has 0 aliphatic carbocycles. The summed E-state index contributed by atoms with van der Waals surface area (Å²) in [5, 5.41) is 15.0. The molecule has 1 amide bonds. The van der Waals surface area contributed by atoms with Crippen molar-refractivity contribution in [2.75, 3.05) is 12.4 Å². The second-order valence-electron chi connectivity index (χ2n) is 5.83. The van der Waals surface area contributed by atoms with Crippen molar-refractivity contribution in [1.29, 1.82) is 0 Å². The Hall–Kier alpha value is -2.87. The molecule has 140 valence electrons. The summed E-state index contributed by atoms with van der Waals surface area (Å²) in [6.07, 6.45) is 0.855. The molecule has 1 atom stereocenters. The van der Waals surface area contributed by atoms with E-state index in [2.05, 4.69) is 27.8 Å². The molecule has 7 nitrogen and oxygen atoms in total. The zero-order valence-electron chi connectivity index (χ0n) is 15.4. The smallest absolute Gasteiger partial charge is 0.237 e. The Balaban J connectivity index is 1.71. The van der Waals surface area contributed by atoms with E-state index in [9.17, 15) is 4.79 Å². The largest absolute Gasteiger partial charge is 0.497 e. The van der Waals surface area contributed by atoms with Crippen LogP contribution < -0.4 is 10.1 Å². The van der Waals surface area contributed by atoms with Crippen LogP contribution in [0.3, 0.4) is 0 Å². The Labute approximate surface area is 162 Å². The molecule has 8 heteroatoms. The number of benzene rings is 2. The van der Waals surface area contributed by atoms with Crippen LogP contribution in [-0.2, 0) is 11.2 Å². The van der Waals surface area contributed by atoms with Crippen LogP contribution in [0.1, 0.15) is 19.4 Å². The molecule has 0 fully saturated rings. The van der Waals surface area contributed by atoms with Crippen molar-refractivity contribution in [2.45, 2.75) is 30.7 Å². The molecule has 3 rings (SSSR count). The zero-order chi connectivity index (χ0) is 19.2. The van der Waals surface area contributed by atoms with E-state index in [1.807, 2.05) is 55.5 Å². The number of ether oxygens (including phenoxy) is 1. The normalized spacial score (nSPS) is 11.8. The van der Waals surface area contributed by atoms with E-state index in [4.69, 9.17) is 4.74 Å². The summed E-state index contributed by atoms with van der Waals surface area (Å²) < 4.78 is 6.77. The van der Waals surface area contributed by atoms with Gasteiger partial charge in [-0.2, -0.15) is 4.68 Å². The fraction of sp³-hybridized carbons (Fsp3) is 0.263. The van der Waals surface area contributed by atoms with Gasteiger partial charge in [-0.3, -0.25) is 4.79 Å². The number of rotatable bonds is 7. The number of hydrogen-bond donors (Lipinski definition) is 1. The van der Waals surface area contributed by atoms with E-state index in [-0.39, 0.29) is 11.2 Å². The van der Waals surface area contributed by atoms with Crippen molar-refractivity contribution in [2.24, 2.45) is 0 Å². The van der Waals surface area contributed by atoms with E-state index in [0.717, 1.165) is 29.1 Å². The van der Waals surface area contributed by atoms with Crippen LogP contribution in [0.15, 0.2) is 53.7 Å². The molecule has 0 aliphatic heterocycles. The third-order valence-electron chi connectivity index (χ3n) is 4.07. The molecule has 3 aromatic rings. The SMILES string of the molecule is CCc1ccccc1NC(=O)[C@@H](C)Sc1nnnn1-c1ccc(OC)cc1. The fourth-order valence-corrected chi connectivity index (χ4v) is 3.34. The molecule has 0 spiro atoms. The number of carbonyl (C=O) groups excluding carboxylic acids is 1. The molecule has 1 N–H and O–H groups in total. The first kappa shape index (κ1) is 18.9. The first-order chi connectivity index (χ1) is 13.1. The average molecular weight is 383 g/mol. The Morgan fingerprint density at radius 1 is 1.22 bits per heavy atom. The topological polar surface area (TPSA) is 81.9 Å². The lowest BCUT2D eigenvalue weighted by atomic mass is 10.1. The van der Waals surface area contributed by atoms with Gasteiger partial charge in [0.25, 0.3) is 0 Å². The number of nitrogens with zero attached hydrogens (tertiary/aromatic N) is 4. The number of hydrogen-bond acceptors (Lipinski definition) is 6. The summed E-state index contributed by atoms with van der Waals surface area (Å²) in [5.41, 5.74) is 2.74. The number of tetrazole rings is 1. The second-order valence-corrected chi connectivity index (χ2v) is 7.14. The molecule has 2 aromatic carbocycles. The second kappa shape index (κ2) is 8.68. The van der Waals surface area contributed by atoms with Crippen LogP contribution >= 0.6 is 11.8 Å². The number of aromatic nitrogens is 4. The average Bonchev–Trinajstić information content (AvgIpc) is 3.16. The Morgan fingerprint density at radius 2 is 1.96 bits per heavy atom. The van der Waals surface area contributed by atoms with Gasteiger partial charge in [0.1, 0.15) is 5.75 Å². The predicted molar refractivity (Wildman–Crippen MR) is 105 cm³/mol. The number of amides is 1. The van der Waals surface area contributed by atoms with Gasteiger partial charge in [-0.1, -0.05) is 36.9 Å². The van der Waals surface area contributed by atoms with Crippen molar-refractivity contribution in [3.05, 3.63) is 54.1 Å². The number of para-hydroxylation sites is 1. The fourth-order valence-electron chi connectivity index (χ4n) is 2.53. The molecule has 0 saturated carbocycles. The third-order valence-corrected chi connectivity index (χ3v) is 5.10.